The second kappa shape index (κ2) is 9.04. The topological polar surface area (TPSA) is 60.3 Å². The van der Waals surface area contributed by atoms with Gasteiger partial charge >= 0.3 is 5.97 Å². The lowest BCUT2D eigenvalue weighted by Gasteiger charge is -2.21. The highest BCUT2D eigenvalue weighted by molar-refractivity contribution is 7.17. The summed E-state index contributed by atoms with van der Waals surface area (Å²) in [6.45, 7) is 4.05. The Morgan fingerprint density at radius 3 is 2.54 bits per heavy atom. The van der Waals surface area contributed by atoms with Crippen LogP contribution < -0.4 is 10.9 Å². The van der Waals surface area contributed by atoms with Crippen LogP contribution in [0.5, 0.6) is 0 Å². The number of esters is 1. The SMILES string of the molecule is COC(=O)c1cc2sccc2cc1NC(C)c1cc(C)cc2c(=O)n(C)c(-c3ccccc3)cc12. The van der Waals surface area contributed by atoms with E-state index in [1.54, 1.807) is 15.9 Å². The van der Waals surface area contributed by atoms with Crippen molar-refractivity contribution in [2.75, 3.05) is 12.4 Å². The fourth-order valence-corrected chi connectivity index (χ4v) is 5.46. The number of benzene rings is 3. The number of fused-ring (bicyclic) bond motifs is 2. The number of aromatic nitrogens is 1. The maximum absolute atomic E-state index is 13.4. The lowest BCUT2D eigenvalue weighted by atomic mass is 9.95. The number of carbonyl (C=O) groups is 1. The Labute approximate surface area is 207 Å². The zero-order valence-corrected chi connectivity index (χ0v) is 20.9. The first kappa shape index (κ1) is 22.9. The smallest absolute Gasteiger partial charge is 0.340 e. The molecule has 0 aliphatic heterocycles. The van der Waals surface area contributed by atoms with Crippen molar-refractivity contribution < 1.29 is 9.53 Å². The van der Waals surface area contributed by atoms with Crippen LogP contribution in [-0.2, 0) is 11.8 Å². The monoisotopic (exact) mass is 482 g/mol. The van der Waals surface area contributed by atoms with Gasteiger partial charge in [0.2, 0.25) is 0 Å². The highest BCUT2D eigenvalue weighted by atomic mass is 32.1. The molecule has 0 fully saturated rings. The molecule has 2 heterocycles. The quantitative estimate of drug-likeness (QED) is 0.284. The molecule has 35 heavy (non-hydrogen) atoms. The summed E-state index contributed by atoms with van der Waals surface area (Å²) in [6.07, 6.45) is 0. The van der Waals surface area contributed by atoms with E-state index in [-0.39, 0.29) is 17.6 Å². The van der Waals surface area contributed by atoms with E-state index in [2.05, 4.69) is 17.4 Å². The van der Waals surface area contributed by atoms with Gasteiger partial charge in [0.1, 0.15) is 0 Å². The predicted octanol–water partition coefficient (Wildman–Crippen LogP) is 6.69. The number of nitrogens with zero attached hydrogens (tertiary/aromatic N) is 1. The predicted molar refractivity (Wildman–Crippen MR) is 145 cm³/mol. The second-order valence-electron chi connectivity index (χ2n) is 8.79. The van der Waals surface area contributed by atoms with Gasteiger partial charge < -0.3 is 14.6 Å². The summed E-state index contributed by atoms with van der Waals surface area (Å²) >= 11 is 1.59. The van der Waals surface area contributed by atoms with E-state index >= 15 is 0 Å². The molecule has 0 radical (unpaired) electrons. The van der Waals surface area contributed by atoms with Crippen LogP contribution in [0, 0.1) is 6.92 Å². The summed E-state index contributed by atoms with van der Waals surface area (Å²) in [4.78, 5) is 26.0. The van der Waals surface area contributed by atoms with Gasteiger partial charge in [0.05, 0.1) is 18.4 Å². The summed E-state index contributed by atoms with van der Waals surface area (Å²) < 4.78 is 7.79. The molecule has 5 aromatic rings. The van der Waals surface area contributed by atoms with Crippen LogP contribution in [-0.4, -0.2) is 17.6 Å². The first-order chi connectivity index (χ1) is 16.9. The maximum Gasteiger partial charge on any atom is 0.340 e. The molecule has 0 saturated carbocycles. The van der Waals surface area contributed by atoms with Crippen LogP contribution in [0.2, 0.25) is 0 Å². The van der Waals surface area contributed by atoms with E-state index in [9.17, 15) is 9.59 Å². The van der Waals surface area contributed by atoms with Gasteiger partial charge in [0.15, 0.2) is 0 Å². The first-order valence-electron chi connectivity index (χ1n) is 11.4. The lowest BCUT2D eigenvalue weighted by molar-refractivity contribution is 0.0602. The Balaban J connectivity index is 1.67. The van der Waals surface area contributed by atoms with Gasteiger partial charge in [0, 0.05) is 28.9 Å². The van der Waals surface area contributed by atoms with Crippen molar-refractivity contribution in [1.82, 2.24) is 4.57 Å². The molecule has 0 spiro atoms. The number of hydrogen-bond donors (Lipinski definition) is 1. The van der Waals surface area contributed by atoms with Crippen molar-refractivity contribution in [1.29, 1.82) is 0 Å². The van der Waals surface area contributed by atoms with Crippen LogP contribution in [0.3, 0.4) is 0 Å². The molecule has 0 amide bonds. The van der Waals surface area contributed by atoms with Crippen molar-refractivity contribution in [2.45, 2.75) is 19.9 Å². The highest BCUT2D eigenvalue weighted by Gasteiger charge is 2.19. The minimum absolute atomic E-state index is 0.0338. The first-order valence-corrected chi connectivity index (χ1v) is 12.3. The Bertz CT molecular complexity index is 1630. The summed E-state index contributed by atoms with van der Waals surface area (Å²) in [6, 6.07) is 21.8. The summed E-state index contributed by atoms with van der Waals surface area (Å²) in [5.74, 6) is -0.385. The fraction of sp³-hybridized carbons (Fsp3) is 0.172. The Morgan fingerprint density at radius 1 is 1.03 bits per heavy atom. The molecule has 1 N–H and O–H groups in total. The number of methoxy groups -OCH3 is 1. The molecule has 0 aliphatic carbocycles. The van der Waals surface area contributed by atoms with Crippen molar-refractivity contribution in [3.8, 4) is 11.3 Å². The largest absolute Gasteiger partial charge is 0.465 e. The van der Waals surface area contributed by atoms with Gasteiger partial charge in [-0.1, -0.05) is 36.4 Å². The number of hydrogen-bond acceptors (Lipinski definition) is 5. The van der Waals surface area contributed by atoms with E-state index in [0.29, 0.717) is 16.6 Å². The molecule has 5 nitrogen and oxygen atoms in total. The van der Waals surface area contributed by atoms with Gasteiger partial charge in [-0.2, -0.15) is 0 Å². The van der Waals surface area contributed by atoms with Gasteiger partial charge in [0.25, 0.3) is 5.56 Å². The molecule has 176 valence electrons. The normalized spacial score (nSPS) is 12.1. The number of ether oxygens (including phenoxy) is 1. The lowest BCUT2D eigenvalue weighted by Crippen LogP contribution is -2.20. The summed E-state index contributed by atoms with van der Waals surface area (Å²) in [5.41, 5.74) is 5.01. The van der Waals surface area contributed by atoms with Gasteiger partial charge in [-0.3, -0.25) is 4.79 Å². The minimum atomic E-state index is -0.385. The number of carbonyl (C=O) groups excluding carboxylic acids is 1. The zero-order chi connectivity index (χ0) is 24.7. The molecule has 5 rings (SSSR count). The molecular weight excluding hydrogens is 456 g/mol. The van der Waals surface area contributed by atoms with Crippen molar-refractivity contribution in [3.05, 3.63) is 99.2 Å². The average molecular weight is 483 g/mol. The number of aryl methyl sites for hydroxylation is 1. The van der Waals surface area contributed by atoms with Crippen LogP contribution in [0.25, 0.3) is 32.1 Å². The van der Waals surface area contributed by atoms with Crippen molar-refractivity contribution >= 4 is 43.9 Å². The molecule has 0 aliphatic rings. The van der Waals surface area contributed by atoms with Crippen LogP contribution in [0.1, 0.15) is 34.5 Å². The molecule has 3 aromatic carbocycles. The molecule has 2 aromatic heterocycles. The summed E-state index contributed by atoms with van der Waals surface area (Å²) in [5, 5.41) is 8.18. The van der Waals surface area contributed by atoms with Crippen molar-refractivity contribution in [3.63, 3.8) is 0 Å². The number of pyridine rings is 1. The molecule has 0 saturated heterocycles. The molecule has 1 atom stereocenters. The number of anilines is 1. The average Bonchev–Trinajstić information content (AvgIpc) is 3.33. The van der Waals surface area contributed by atoms with E-state index in [1.165, 1.54) is 7.11 Å². The third-order valence-corrected chi connectivity index (χ3v) is 7.32. The van der Waals surface area contributed by atoms with E-state index in [4.69, 9.17) is 4.74 Å². The van der Waals surface area contributed by atoms with E-state index in [0.717, 1.165) is 37.9 Å². The van der Waals surface area contributed by atoms with E-state index < -0.39 is 0 Å². The zero-order valence-electron chi connectivity index (χ0n) is 20.1. The number of rotatable bonds is 5. The highest BCUT2D eigenvalue weighted by Crippen LogP contribution is 2.34. The standard InChI is InChI=1S/C29H26N2O3S/c1-17-12-21(18(2)30-25-14-20-10-11-35-27(20)16-24(25)29(33)34-4)22-15-26(19-8-6-5-7-9-19)31(3)28(32)23(22)13-17/h5-16,18,30H,1-4H3. The van der Waals surface area contributed by atoms with Crippen LogP contribution >= 0.6 is 11.3 Å². The fourth-order valence-electron chi connectivity index (χ4n) is 4.65. The Morgan fingerprint density at radius 2 is 1.80 bits per heavy atom. The number of nitrogens with one attached hydrogen (secondary N) is 1. The van der Waals surface area contributed by atoms with Crippen LogP contribution in [0.15, 0.2) is 76.9 Å². The molecule has 6 heteroatoms. The molecular formula is C29H26N2O3S. The maximum atomic E-state index is 13.4. The minimum Gasteiger partial charge on any atom is -0.465 e. The third-order valence-electron chi connectivity index (χ3n) is 6.44. The van der Waals surface area contributed by atoms with Gasteiger partial charge in [-0.25, -0.2) is 4.79 Å². The molecule has 1 unspecified atom stereocenters. The third kappa shape index (κ3) is 4.10. The van der Waals surface area contributed by atoms with E-state index in [1.807, 2.05) is 80.9 Å². The van der Waals surface area contributed by atoms with Crippen LogP contribution in [0.4, 0.5) is 5.69 Å². The Kier molecular flexibility index (Phi) is 5.91. The van der Waals surface area contributed by atoms with Gasteiger partial charge in [-0.05, 0) is 77.0 Å². The van der Waals surface area contributed by atoms with Crippen molar-refractivity contribution in [2.24, 2.45) is 7.05 Å². The number of thiophene rings is 1. The Hall–Kier alpha value is -3.90. The molecule has 0 bridgehead atoms. The van der Waals surface area contributed by atoms with Gasteiger partial charge in [-0.15, -0.1) is 11.3 Å². The summed E-state index contributed by atoms with van der Waals surface area (Å²) in [7, 11) is 3.20. The second-order valence-corrected chi connectivity index (χ2v) is 9.74.